The molecule has 1 unspecified atom stereocenters. The molecule has 1 atom stereocenters. The largest absolute Gasteiger partial charge is 0.383 e. The summed E-state index contributed by atoms with van der Waals surface area (Å²) in [6, 6.07) is 12.0. The number of hydrogen-bond donors (Lipinski definition) is 3. The Kier molecular flexibility index (Phi) is 6.50. The lowest BCUT2D eigenvalue weighted by Gasteiger charge is -2.19. The molecule has 1 aromatic heterocycles. The fourth-order valence-electron chi connectivity index (χ4n) is 3.76. The Hall–Kier alpha value is -2.94. The summed E-state index contributed by atoms with van der Waals surface area (Å²) in [5.41, 5.74) is 1.51. The van der Waals surface area contributed by atoms with Crippen molar-refractivity contribution in [3.05, 3.63) is 63.7 Å². The molecule has 8 nitrogen and oxygen atoms in total. The highest BCUT2D eigenvalue weighted by molar-refractivity contribution is 6.35. The van der Waals surface area contributed by atoms with E-state index in [1.807, 2.05) is 6.07 Å². The molecule has 0 saturated carbocycles. The summed E-state index contributed by atoms with van der Waals surface area (Å²) >= 11 is 6.35. The lowest BCUT2D eigenvalue weighted by molar-refractivity contribution is 0.198. The van der Waals surface area contributed by atoms with Crippen LogP contribution in [-0.2, 0) is 4.74 Å². The molecule has 0 radical (unpaired) electrons. The van der Waals surface area contributed by atoms with E-state index in [2.05, 4.69) is 16.0 Å². The van der Waals surface area contributed by atoms with Gasteiger partial charge in [-0.1, -0.05) is 23.7 Å². The van der Waals surface area contributed by atoms with Crippen molar-refractivity contribution in [1.29, 1.82) is 0 Å². The molecule has 3 aromatic rings. The summed E-state index contributed by atoms with van der Waals surface area (Å²) in [6.07, 6.45) is 1.90. The zero-order valence-electron chi connectivity index (χ0n) is 17.2. The molecule has 162 valence electrons. The molecule has 9 heteroatoms. The fraction of sp³-hybridized carbons (Fsp3) is 0.318. The van der Waals surface area contributed by atoms with E-state index in [0.717, 1.165) is 19.4 Å². The van der Waals surface area contributed by atoms with E-state index in [1.165, 1.54) is 0 Å². The van der Waals surface area contributed by atoms with Crippen molar-refractivity contribution in [2.24, 2.45) is 0 Å². The molecule has 1 aliphatic heterocycles. The van der Waals surface area contributed by atoms with E-state index in [4.69, 9.17) is 21.3 Å². The molecule has 1 aliphatic rings. The van der Waals surface area contributed by atoms with Gasteiger partial charge in [0.2, 0.25) is 0 Å². The van der Waals surface area contributed by atoms with Crippen LogP contribution in [0.15, 0.2) is 47.3 Å². The molecule has 2 amide bonds. The average molecular weight is 442 g/mol. The number of ether oxygens (including phenoxy) is 1. The molecule has 3 N–H and O–H groups in total. The van der Waals surface area contributed by atoms with E-state index in [0.29, 0.717) is 46.3 Å². The molecule has 0 bridgehead atoms. The van der Waals surface area contributed by atoms with Gasteiger partial charge in [-0.3, -0.25) is 9.36 Å². The van der Waals surface area contributed by atoms with Gasteiger partial charge in [-0.25, -0.2) is 9.78 Å². The second-order valence-corrected chi connectivity index (χ2v) is 7.72. The average Bonchev–Trinajstić information content (AvgIpc) is 3.29. The second kappa shape index (κ2) is 9.47. The number of nitrogens with one attached hydrogen (secondary N) is 3. The number of nitrogens with zero attached hydrogens (tertiary/aromatic N) is 2. The van der Waals surface area contributed by atoms with Crippen LogP contribution >= 0.6 is 11.6 Å². The van der Waals surface area contributed by atoms with Crippen molar-refractivity contribution >= 4 is 34.2 Å². The third-order valence-electron chi connectivity index (χ3n) is 5.20. The first-order chi connectivity index (χ1) is 15.1. The fourth-order valence-corrected chi connectivity index (χ4v) is 4.01. The van der Waals surface area contributed by atoms with Gasteiger partial charge in [0.05, 0.1) is 34.3 Å². The van der Waals surface area contributed by atoms with Gasteiger partial charge in [-0.15, -0.1) is 0 Å². The molecule has 4 rings (SSSR count). The molecule has 1 saturated heterocycles. The van der Waals surface area contributed by atoms with Crippen molar-refractivity contribution in [3.63, 3.8) is 0 Å². The van der Waals surface area contributed by atoms with Gasteiger partial charge in [0.15, 0.2) is 0 Å². The van der Waals surface area contributed by atoms with Crippen LogP contribution < -0.4 is 21.5 Å². The van der Waals surface area contributed by atoms with Gasteiger partial charge in [0.25, 0.3) is 5.56 Å². The topological polar surface area (TPSA) is 97.3 Å². The zero-order valence-corrected chi connectivity index (χ0v) is 17.9. The molecular formula is C22H24ClN5O3. The van der Waals surface area contributed by atoms with Gasteiger partial charge < -0.3 is 20.7 Å². The lowest BCUT2D eigenvalue weighted by atomic mass is 10.1. The Morgan fingerprint density at radius 2 is 2.16 bits per heavy atom. The molecule has 2 aromatic carbocycles. The van der Waals surface area contributed by atoms with Crippen molar-refractivity contribution < 1.29 is 9.53 Å². The summed E-state index contributed by atoms with van der Waals surface area (Å²) in [5, 5.41) is 9.65. The molecule has 1 fully saturated rings. The number of anilines is 1. The Labute approximate surface area is 184 Å². The standard InChI is InChI=1S/C22H24ClN5O3/c1-31-12-11-25-22(30)26-14-5-2-6-15(13-14)28-20(18-9-4-10-24-18)27-17-8-3-7-16(23)19(17)21(28)29/h2-3,5-8,13,18,24H,4,9-12H2,1H3,(H2,25,26,30). The Morgan fingerprint density at radius 1 is 1.32 bits per heavy atom. The van der Waals surface area contributed by atoms with E-state index in [9.17, 15) is 9.59 Å². The van der Waals surface area contributed by atoms with Crippen LogP contribution in [0.25, 0.3) is 16.6 Å². The van der Waals surface area contributed by atoms with Crippen molar-refractivity contribution in [2.45, 2.75) is 18.9 Å². The smallest absolute Gasteiger partial charge is 0.319 e. The highest BCUT2D eigenvalue weighted by Gasteiger charge is 2.24. The third-order valence-corrected chi connectivity index (χ3v) is 5.51. The van der Waals surface area contributed by atoms with Crippen molar-refractivity contribution in [3.8, 4) is 5.69 Å². The quantitative estimate of drug-likeness (QED) is 0.510. The van der Waals surface area contributed by atoms with Gasteiger partial charge in [-0.05, 0) is 49.7 Å². The summed E-state index contributed by atoms with van der Waals surface area (Å²) in [5.74, 6) is 0.638. The lowest BCUT2D eigenvalue weighted by Crippen LogP contribution is -2.31. The number of fused-ring (bicyclic) bond motifs is 1. The maximum atomic E-state index is 13.5. The van der Waals surface area contributed by atoms with Gasteiger partial charge in [-0.2, -0.15) is 0 Å². The van der Waals surface area contributed by atoms with Gasteiger partial charge in [0, 0.05) is 19.3 Å². The van der Waals surface area contributed by atoms with Crippen LogP contribution in [0.4, 0.5) is 10.5 Å². The van der Waals surface area contributed by atoms with Gasteiger partial charge in [0.1, 0.15) is 5.82 Å². The second-order valence-electron chi connectivity index (χ2n) is 7.32. The molecule has 0 aliphatic carbocycles. The van der Waals surface area contributed by atoms with E-state index in [-0.39, 0.29) is 17.6 Å². The monoisotopic (exact) mass is 441 g/mol. The van der Waals surface area contributed by atoms with E-state index < -0.39 is 0 Å². The van der Waals surface area contributed by atoms with Crippen molar-refractivity contribution in [2.75, 3.05) is 32.1 Å². The SMILES string of the molecule is COCCNC(=O)Nc1cccc(-n2c(C3CCCN3)nc3cccc(Cl)c3c2=O)c1. The Bertz CT molecular complexity index is 1160. The Balaban J connectivity index is 1.77. The predicted molar refractivity (Wildman–Crippen MR) is 121 cm³/mol. The van der Waals surface area contributed by atoms with Crippen LogP contribution in [-0.4, -0.2) is 42.4 Å². The number of halogens is 1. The van der Waals surface area contributed by atoms with E-state index in [1.54, 1.807) is 48.1 Å². The summed E-state index contributed by atoms with van der Waals surface area (Å²) in [4.78, 5) is 30.4. The first kappa shape index (κ1) is 21.3. The van der Waals surface area contributed by atoms with Crippen molar-refractivity contribution in [1.82, 2.24) is 20.2 Å². The normalized spacial score (nSPS) is 15.9. The van der Waals surface area contributed by atoms with Crippen LogP contribution in [0, 0.1) is 0 Å². The molecule has 2 heterocycles. The number of methoxy groups -OCH3 is 1. The number of benzene rings is 2. The minimum atomic E-state index is -0.348. The molecule has 0 spiro atoms. The van der Waals surface area contributed by atoms with Crippen LogP contribution in [0.2, 0.25) is 5.02 Å². The number of carbonyl (C=O) groups excluding carboxylic acids is 1. The predicted octanol–water partition coefficient (Wildman–Crippen LogP) is 3.23. The highest BCUT2D eigenvalue weighted by Crippen LogP contribution is 2.27. The maximum absolute atomic E-state index is 13.5. The van der Waals surface area contributed by atoms with Crippen LogP contribution in [0.1, 0.15) is 24.7 Å². The van der Waals surface area contributed by atoms with Crippen LogP contribution in [0.5, 0.6) is 0 Å². The number of rotatable bonds is 6. The minimum absolute atomic E-state index is 0.0370. The number of carbonyl (C=O) groups is 1. The van der Waals surface area contributed by atoms with Crippen LogP contribution in [0.3, 0.4) is 0 Å². The Morgan fingerprint density at radius 3 is 2.94 bits per heavy atom. The third kappa shape index (κ3) is 4.56. The zero-order chi connectivity index (χ0) is 21.8. The molecule has 31 heavy (non-hydrogen) atoms. The number of urea groups is 1. The highest BCUT2D eigenvalue weighted by atomic mass is 35.5. The van der Waals surface area contributed by atoms with Gasteiger partial charge >= 0.3 is 6.03 Å². The summed E-state index contributed by atoms with van der Waals surface area (Å²) in [7, 11) is 1.57. The number of hydrogen-bond acceptors (Lipinski definition) is 5. The maximum Gasteiger partial charge on any atom is 0.319 e. The van der Waals surface area contributed by atoms with E-state index >= 15 is 0 Å². The first-order valence-electron chi connectivity index (χ1n) is 10.2. The first-order valence-corrected chi connectivity index (χ1v) is 10.5. The summed E-state index contributed by atoms with van der Waals surface area (Å²) in [6.45, 7) is 1.69. The molecular weight excluding hydrogens is 418 g/mol. The number of amides is 2. The summed E-state index contributed by atoms with van der Waals surface area (Å²) < 4.78 is 6.52. The number of aromatic nitrogens is 2. The minimum Gasteiger partial charge on any atom is -0.383 e.